The van der Waals surface area contributed by atoms with Crippen LogP contribution in [-0.2, 0) is 11.2 Å². The summed E-state index contributed by atoms with van der Waals surface area (Å²) in [6, 6.07) is 14.2. The summed E-state index contributed by atoms with van der Waals surface area (Å²) in [7, 11) is 4.84. The molecule has 4 N–H and O–H groups in total. The molecule has 38 heavy (non-hydrogen) atoms. The zero-order valence-electron chi connectivity index (χ0n) is 21.2. The highest BCUT2D eigenvalue weighted by Gasteiger charge is 2.23. The van der Waals surface area contributed by atoms with Gasteiger partial charge in [-0.1, -0.05) is 24.3 Å². The summed E-state index contributed by atoms with van der Waals surface area (Å²) in [5, 5.41) is 12.2. The van der Waals surface area contributed by atoms with Crippen molar-refractivity contribution < 1.29 is 14.3 Å². The maximum atomic E-state index is 12.8. The Morgan fingerprint density at radius 1 is 1.13 bits per heavy atom. The van der Waals surface area contributed by atoms with Gasteiger partial charge in [0.1, 0.15) is 23.2 Å². The van der Waals surface area contributed by atoms with Crippen LogP contribution in [-0.4, -0.2) is 69.2 Å². The third-order valence-corrected chi connectivity index (χ3v) is 5.81. The van der Waals surface area contributed by atoms with Crippen LogP contribution >= 0.6 is 0 Å². The van der Waals surface area contributed by atoms with E-state index in [0.29, 0.717) is 29.3 Å². The Morgan fingerprint density at radius 2 is 1.82 bits per heavy atom. The number of nitrogens with one attached hydrogen (secondary N) is 2. The number of H-pyrrole nitrogens is 1. The van der Waals surface area contributed by atoms with Crippen LogP contribution in [0.15, 0.2) is 65.7 Å². The zero-order valence-corrected chi connectivity index (χ0v) is 21.2. The number of nitrogens with two attached hydrogens (primary N) is 1. The summed E-state index contributed by atoms with van der Waals surface area (Å²) < 4.78 is 12.4. The fourth-order valence-corrected chi connectivity index (χ4v) is 3.73. The summed E-state index contributed by atoms with van der Waals surface area (Å²) in [5.74, 6) is 0.795. The third-order valence-electron chi connectivity index (χ3n) is 5.81. The van der Waals surface area contributed by atoms with Crippen LogP contribution in [0, 0.1) is 5.41 Å². The third kappa shape index (κ3) is 6.03. The van der Waals surface area contributed by atoms with Gasteiger partial charge in [0.2, 0.25) is 0 Å². The molecular weight excluding hydrogens is 488 g/mol. The van der Waals surface area contributed by atoms with Crippen molar-refractivity contribution in [3.05, 3.63) is 93.9 Å². The normalized spacial score (nSPS) is 11.6. The minimum Gasteiger partial charge on any atom is -0.497 e. The number of amidine groups is 1. The van der Waals surface area contributed by atoms with Gasteiger partial charge in [0.05, 0.1) is 7.11 Å². The number of rotatable bonds is 10. The van der Waals surface area contributed by atoms with Gasteiger partial charge < -0.3 is 20.1 Å². The number of ether oxygens (including phenoxy) is 2. The number of nitrogen functional groups attached to an aromatic ring is 1. The minimum atomic E-state index is -0.487. The van der Waals surface area contributed by atoms with Crippen LogP contribution in [0.25, 0.3) is 5.95 Å². The van der Waals surface area contributed by atoms with E-state index in [1.807, 2.05) is 18.2 Å². The Balaban J connectivity index is 1.76. The monoisotopic (exact) mass is 516 g/mol. The molecule has 1 unspecified atom stereocenters. The average molecular weight is 517 g/mol. The molecule has 2 aromatic carbocycles. The van der Waals surface area contributed by atoms with E-state index >= 15 is 0 Å². The number of aromatic amines is 1. The van der Waals surface area contributed by atoms with Gasteiger partial charge >= 0.3 is 5.69 Å². The first-order chi connectivity index (χ1) is 18.2. The number of aromatic nitrogens is 5. The molecule has 4 rings (SSSR count). The topological polar surface area (TPSA) is 165 Å². The quantitative estimate of drug-likeness (QED) is 0.211. The van der Waals surface area contributed by atoms with Crippen LogP contribution < -0.4 is 20.9 Å². The first-order valence-electron chi connectivity index (χ1n) is 11.7. The van der Waals surface area contributed by atoms with E-state index in [1.165, 1.54) is 24.4 Å². The molecule has 4 aromatic rings. The highest BCUT2D eigenvalue weighted by Crippen LogP contribution is 2.32. The van der Waals surface area contributed by atoms with Crippen molar-refractivity contribution in [2.45, 2.75) is 12.3 Å². The highest BCUT2D eigenvalue weighted by molar-refractivity contribution is 5.94. The van der Waals surface area contributed by atoms with E-state index in [4.69, 9.17) is 20.6 Å². The molecule has 0 bridgehead atoms. The first-order valence-corrected chi connectivity index (χ1v) is 11.7. The lowest BCUT2D eigenvalue weighted by Gasteiger charge is -2.18. The van der Waals surface area contributed by atoms with Crippen LogP contribution in [0.4, 0.5) is 0 Å². The minimum absolute atomic E-state index is 0.0270. The standard InChI is InChI=1S/C26H28N8O4/c1-33(2)22(35)15-38-20-13-18(12-19(14-20)37-3)21(11-16-5-7-17(8-6-16)23(27)28)24-31-26(36)34(32-24)25-29-9-4-10-30-25/h4-10,12-14,21H,11,15H2,1-3H3,(H3,27,28)(H,31,32,36). The van der Waals surface area contributed by atoms with Gasteiger partial charge in [-0.2, -0.15) is 0 Å². The first kappa shape index (κ1) is 26.1. The number of methoxy groups -OCH3 is 1. The second-order valence-electron chi connectivity index (χ2n) is 8.66. The molecule has 0 aliphatic carbocycles. The van der Waals surface area contributed by atoms with Gasteiger partial charge in [-0.25, -0.2) is 14.8 Å². The Hall–Kier alpha value is -5.00. The van der Waals surface area contributed by atoms with E-state index in [-0.39, 0.29) is 24.3 Å². The molecule has 2 aromatic heterocycles. The Bertz CT molecular complexity index is 1480. The van der Waals surface area contributed by atoms with Crippen LogP contribution in [0.3, 0.4) is 0 Å². The van der Waals surface area contributed by atoms with Gasteiger partial charge in [-0.15, -0.1) is 9.78 Å². The molecule has 0 aliphatic heterocycles. The van der Waals surface area contributed by atoms with Gasteiger partial charge in [-0.3, -0.25) is 15.2 Å². The molecule has 0 aliphatic rings. The summed E-state index contributed by atoms with van der Waals surface area (Å²) >= 11 is 0. The van der Waals surface area contributed by atoms with Crippen molar-refractivity contribution in [1.29, 1.82) is 5.41 Å². The zero-order chi connectivity index (χ0) is 27.2. The van der Waals surface area contributed by atoms with Gasteiger partial charge in [0, 0.05) is 44.0 Å². The molecule has 12 heteroatoms. The van der Waals surface area contributed by atoms with E-state index in [2.05, 4.69) is 20.1 Å². The van der Waals surface area contributed by atoms with Crippen LogP contribution in [0.2, 0.25) is 0 Å². The summed E-state index contributed by atoms with van der Waals surface area (Å²) in [6.45, 7) is -0.145. The number of carbonyl (C=O) groups is 1. The van der Waals surface area contributed by atoms with Gasteiger partial charge in [-0.05, 0) is 35.7 Å². The number of carbonyl (C=O) groups excluding carboxylic acids is 1. The number of hydrogen-bond acceptors (Lipinski definition) is 8. The van der Waals surface area contributed by atoms with Crippen molar-refractivity contribution in [3.63, 3.8) is 0 Å². The molecule has 2 heterocycles. The lowest BCUT2D eigenvalue weighted by molar-refractivity contribution is -0.130. The maximum Gasteiger partial charge on any atom is 0.350 e. The van der Waals surface area contributed by atoms with Gasteiger partial charge in [0.25, 0.3) is 11.9 Å². The van der Waals surface area contributed by atoms with E-state index in [9.17, 15) is 9.59 Å². The number of hydrogen-bond donors (Lipinski definition) is 3. The lowest BCUT2D eigenvalue weighted by Crippen LogP contribution is -2.27. The second kappa shape index (κ2) is 11.4. The molecule has 196 valence electrons. The predicted octanol–water partition coefficient (Wildman–Crippen LogP) is 1.48. The number of likely N-dealkylation sites (N-methyl/N-ethyl adjacent to an activating group) is 1. The SMILES string of the molecule is COc1cc(OCC(=O)N(C)C)cc(C(Cc2ccc(C(=N)N)cc2)c2nn(-c3ncccn3)c(=O)[nH]2)c1. The van der Waals surface area contributed by atoms with Gasteiger partial charge in [0.15, 0.2) is 6.61 Å². The largest absolute Gasteiger partial charge is 0.497 e. The molecule has 0 saturated carbocycles. The van der Waals surface area contributed by atoms with E-state index in [0.717, 1.165) is 15.8 Å². The molecule has 12 nitrogen and oxygen atoms in total. The average Bonchev–Trinajstić information content (AvgIpc) is 3.31. The van der Waals surface area contributed by atoms with Crippen LogP contribution in [0.5, 0.6) is 11.5 Å². The van der Waals surface area contributed by atoms with Crippen LogP contribution in [0.1, 0.15) is 28.4 Å². The smallest absolute Gasteiger partial charge is 0.350 e. The predicted molar refractivity (Wildman–Crippen MR) is 140 cm³/mol. The second-order valence-corrected chi connectivity index (χ2v) is 8.66. The molecule has 1 atom stereocenters. The molecule has 0 radical (unpaired) electrons. The molecule has 1 amide bonds. The van der Waals surface area contributed by atoms with E-state index < -0.39 is 11.6 Å². The van der Waals surface area contributed by atoms with Crippen molar-refractivity contribution in [3.8, 4) is 17.4 Å². The van der Waals surface area contributed by atoms with Crippen molar-refractivity contribution in [2.24, 2.45) is 5.73 Å². The number of amides is 1. The van der Waals surface area contributed by atoms with E-state index in [1.54, 1.807) is 44.4 Å². The van der Waals surface area contributed by atoms with Crippen molar-refractivity contribution in [2.75, 3.05) is 27.8 Å². The maximum absolute atomic E-state index is 12.8. The van der Waals surface area contributed by atoms with Crippen molar-refractivity contribution in [1.82, 2.24) is 29.6 Å². The Morgan fingerprint density at radius 3 is 2.45 bits per heavy atom. The molecular formula is C26H28N8O4. The highest BCUT2D eigenvalue weighted by atomic mass is 16.5. The summed E-state index contributed by atoms with van der Waals surface area (Å²) in [5.41, 5.74) is 7.37. The number of benzene rings is 2. The molecule has 0 fully saturated rings. The lowest BCUT2D eigenvalue weighted by atomic mass is 9.90. The summed E-state index contributed by atoms with van der Waals surface area (Å²) in [4.78, 5) is 37.4. The Kier molecular flexibility index (Phi) is 7.80. The number of nitrogens with zero attached hydrogens (tertiary/aromatic N) is 5. The fourth-order valence-electron chi connectivity index (χ4n) is 3.73. The molecule has 0 saturated heterocycles. The molecule has 0 spiro atoms. The van der Waals surface area contributed by atoms with Crippen molar-refractivity contribution >= 4 is 11.7 Å². The fraction of sp³-hybridized carbons (Fsp3) is 0.231. The summed E-state index contributed by atoms with van der Waals surface area (Å²) in [6.07, 6.45) is 3.49. The Labute approximate surface area is 218 Å².